The van der Waals surface area contributed by atoms with Crippen molar-refractivity contribution in [2.75, 3.05) is 6.54 Å². The van der Waals surface area contributed by atoms with Crippen molar-refractivity contribution in [1.82, 2.24) is 25.1 Å². The first-order chi connectivity index (χ1) is 11.6. The lowest BCUT2D eigenvalue weighted by molar-refractivity contribution is 0.0924. The maximum absolute atomic E-state index is 11.9. The molecule has 1 aromatic carbocycles. The molecular weight excluding hydrogens is 326 g/mol. The molecule has 120 valence electrons. The van der Waals surface area contributed by atoms with Gasteiger partial charge in [0.1, 0.15) is 11.4 Å². The van der Waals surface area contributed by atoms with Crippen LogP contribution in [0.3, 0.4) is 0 Å². The van der Waals surface area contributed by atoms with E-state index in [1.54, 1.807) is 23.0 Å². The van der Waals surface area contributed by atoms with E-state index >= 15 is 0 Å². The lowest BCUT2D eigenvalue weighted by Gasteiger charge is -2.13. The Kier molecular flexibility index (Phi) is 3.54. The van der Waals surface area contributed by atoms with E-state index in [-0.39, 0.29) is 5.91 Å². The molecule has 24 heavy (non-hydrogen) atoms. The summed E-state index contributed by atoms with van der Waals surface area (Å²) in [6.07, 6.45) is 1.69. The lowest BCUT2D eigenvalue weighted by atomic mass is 10.1. The van der Waals surface area contributed by atoms with Crippen molar-refractivity contribution >= 4 is 17.5 Å². The van der Waals surface area contributed by atoms with Gasteiger partial charge in [0, 0.05) is 23.3 Å². The first-order valence-electron chi connectivity index (χ1n) is 7.58. The van der Waals surface area contributed by atoms with Crippen LogP contribution in [0.15, 0.2) is 36.5 Å². The van der Waals surface area contributed by atoms with Crippen molar-refractivity contribution in [2.24, 2.45) is 0 Å². The minimum absolute atomic E-state index is 0.111. The minimum Gasteiger partial charge on any atom is -0.349 e. The van der Waals surface area contributed by atoms with Gasteiger partial charge >= 0.3 is 0 Å². The molecule has 2 aromatic heterocycles. The molecule has 1 aliphatic rings. The molecule has 1 amide bonds. The smallest absolute Gasteiger partial charge is 0.269 e. The number of hydrogen-bond donors (Lipinski definition) is 1. The van der Waals surface area contributed by atoms with Gasteiger partial charge in [-0.2, -0.15) is 5.10 Å². The summed E-state index contributed by atoms with van der Waals surface area (Å²) in [4.78, 5) is 20.8. The average Bonchev–Trinajstić information content (AvgIpc) is 3.03. The van der Waals surface area contributed by atoms with Gasteiger partial charge in [-0.15, -0.1) is 0 Å². The topological polar surface area (TPSA) is 72.7 Å². The average molecular weight is 340 g/mol. The number of rotatable bonds is 2. The summed E-state index contributed by atoms with van der Waals surface area (Å²) in [5.74, 6) is 0.475. The predicted octanol–water partition coefficient (Wildman–Crippen LogP) is 2.71. The van der Waals surface area contributed by atoms with E-state index in [0.717, 1.165) is 11.1 Å². The Hall–Kier alpha value is -2.73. The highest BCUT2D eigenvalue weighted by Crippen LogP contribution is 2.27. The Bertz CT molecular complexity index is 950. The van der Waals surface area contributed by atoms with Gasteiger partial charge in [0.2, 0.25) is 0 Å². The van der Waals surface area contributed by atoms with Gasteiger partial charge in [0.25, 0.3) is 5.91 Å². The molecule has 0 bridgehead atoms. The van der Waals surface area contributed by atoms with Gasteiger partial charge in [0.15, 0.2) is 5.82 Å². The fourth-order valence-corrected chi connectivity index (χ4v) is 2.92. The molecule has 3 heterocycles. The van der Waals surface area contributed by atoms with Crippen molar-refractivity contribution in [2.45, 2.75) is 13.5 Å². The van der Waals surface area contributed by atoms with Gasteiger partial charge in [-0.3, -0.25) is 9.48 Å². The molecule has 0 saturated heterocycles. The number of halogens is 1. The molecule has 1 N–H and O–H groups in total. The van der Waals surface area contributed by atoms with Crippen LogP contribution in [-0.2, 0) is 6.54 Å². The van der Waals surface area contributed by atoms with Crippen molar-refractivity contribution in [3.63, 3.8) is 0 Å². The standard InChI is InChI=1S/C17H14ClN5O/c1-10-11(3-2-4-12(10)18)16-19-6-5-13(21-16)14-9-15-17(24)20-7-8-23(15)22-14/h2-6,9H,7-8H2,1H3,(H,20,24). The first-order valence-corrected chi connectivity index (χ1v) is 7.96. The predicted molar refractivity (Wildman–Crippen MR) is 90.8 cm³/mol. The molecule has 4 rings (SSSR count). The fourth-order valence-electron chi connectivity index (χ4n) is 2.74. The number of amides is 1. The van der Waals surface area contributed by atoms with Crippen LogP contribution in [0.5, 0.6) is 0 Å². The molecule has 0 fully saturated rings. The third kappa shape index (κ3) is 2.45. The number of aromatic nitrogens is 4. The number of hydrogen-bond acceptors (Lipinski definition) is 4. The molecular formula is C17H14ClN5O. The molecule has 6 nitrogen and oxygen atoms in total. The summed E-state index contributed by atoms with van der Waals surface area (Å²) >= 11 is 6.19. The van der Waals surface area contributed by atoms with Crippen LogP contribution in [0.2, 0.25) is 5.02 Å². The van der Waals surface area contributed by atoms with E-state index in [0.29, 0.717) is 41.0 Å². The Balaban J connectivity index is 1.78. The molecule has 0 atom stereocenters. The summed E-state index contributed by atoms with van der Waals surface area (Å²) < 4.78 is 1.71. The first kappa shape index (κ1) is 14.8. The summed E-state index contributed by atoms with van der Waals surface area (Å²) in [5.41, 5.74) is 3.70. The summed E-state index contributed by atoms with van der Waals surface area (Å²) in [5, 5.41) is 7.97. The second-order valence-corrected chi connectivity index (χ2v) is 5.98. The van der Waals surface area contributed by atoms with Crippen molar-refractivity contribution in [1.29, 1.82) is 0 Å². The Labute approximate surface area is 143 Å². The minimum atomic E-state index is -0.111. The number of benzene rings is 1. The van der Waals surface area contributed by atoms with Gasteiger partial charge in [-0.1, -0.05) is 23.7 Å². The Morgan fingerprint density at radius 1 is 1.25 bits per heavy atom. The van der Waals surface area contributed by atoms with Crippen LogP contribution >= 0.6 is 11.6 Å². The molecule has 0 aliphatic carbocycles. The summed E-state index contributed by atoms with van der Waals surface area (Å²) in [6.45, 7) is 3.18. The van der Waals surface area contributed by atoms with E-state index in [1.807, 2.05) is 25.1 Å². The van der Waals surface area contributed by atoms with Gasteiger partial charge in [-0.25, -0.2) is 9.97 Å². The second-order valence-electron chi connectivity index (χ2n) is 5.57. The summed E-state index contributed by atoms with van der Waals surface area (Å²) in [7, 11) is 0. The number of nitrogens with one attached hydrogen (secondary N) is 1. The fraction of sp³-hybridized carbons (Fsp3) is 0.176. The van der Waals surface area contributed by atoms with Crippen molar-refractivity contribution in [3.05, 3.63) is 52.8 Å². The zero-order valence-electron chi connectivity index (χ0n) is 13.0. The normalized spacial score (nSPS) is 13.5. The Morgan fingerprint density at radius 3 is 2.96 bits per heavy atom. The quantitative estimate of drug-likeness (QED) is 0.779. The molecule has 0 saturated carbocycles. The van der Waals surface area contributed by atoms with Crippen LogP contribution in [0.25, 0.3) is 22.8 Å². The van der Waals surface area contributed by atoms with Crippen LogP contribution in [0, 0.1) is 6.92 Å². The van der Waals surface area contributed by atoms with E-state index in [4.69, 9.17) is 11.6 Å². The largest absolute Gasteiger partial charge is 0.349 e. The maximum atomic E-state index is 11.9. The molecule has 3 aromatic rings. The van der Waals surface area contributed by atoms with Crippen molar-refractivity contribution < 1.29 is 4.79 Å². The van der Waals surface area contributed by atoms with Crippen molar-refractivity contribution in [3.8, 4) is 22.8 Å². The van der Waals surface area contributed by atoms with E-state index in [2.05, 4.69) is 20.4 Å². The number of fused-ring (bicyclic) bond motifs is 1. The number of nitrogens with zero attached hydrogens (tertiary/aromatic N) is 4. The highest BCUT2D eigenvalue weighted by atomic mass is 35.5. The van der Waals surface area contributed by atoms with Gasteiger partial charge in [-0.05, 0) is 30.7 Å². The number of carbonyl (C=O) groups excluding carboxylic acids is 1. The zero-order chi connectivity index (χ0) is 16.7. The van der Waals surface area contributed by atoms with E-state index < -0.39 is 0 Å². The second kappa shape index (κ2) is 5.72. The van der Waals surface area contributed by atoms with Gasteiger partial charge < -0.3 is 5.32 Å². The SMILES string of the molecule is Cc1c(Cl)cccc1-c1nccc(-c2cc3n(n2)CCNC3=O)n1. The van der Waals surface area contributed by atoms with E-state index in [1.165, 1.54) is 0 Å². The maximum Gasteiger partial charge on any atom is 0.269 e. The summed E-state index contributed by atoms with van der Waals surface area (Å²) in [6, 6.07) is 9.19. The molecule has 0 unspecified atom stereocenters. The van der Waals surface area contributed by atoms with Crippen LogP contribution in [-0.4, -0.2) is 32.2 Å². The molecule has 7 heteroatoms. The zero-order valence-corrected chi connectivity index (χ0v) is 13.7. The molecule has 0 spiro atoms. The van der Waals surface area contributed by atoms with Gasteiger partial charge in [0.05, 0.1) is 12.2 Å². The highest BCUT2D eigenvalue weighted by molar-refractivity contribution is 6.31. The molecule has 0 radical (unpaired) electrons. The van der Waals surface area contributed by atoms with E-state index in [9.17, 15) is 4.79 Å². The van der Waals surface area contributed by atoms with Crippen LogP contribution in [0.4, 0.5) is 0 Å². The third-order valence-electron chi connectivity index (χ3n) is 4.05. The highest BCUT2D eigenvalue weighted by Gasteiger charge is 2.20. The van der Waals surface area contributed by atoms with Crippen LogP contribution in [0.1, 0.15) is 16.1 Å². The van der Waals surface area contributed by atoms with Crippen LogP contribution < -0.4 is 5.32 Å². The molecule has 1 aliphatic heterocycles. The number of carbonyl (C=O) groups is 1. The Morgan fingerprint density at radius 2 is 2.12 bits per heavy atom. The monoisotopic (exact) mass is 339 g/mol. The third-order valence-corrected chi connectivity index (χ3v) is 4.46. The lowest BCUT2D eigenvalue weighted by Crippen LogP contribution is -2.35.